The van der Waals surface area contributed by atoms with Gasteiger partial charge in [0, 0.05) is 27.2 Å². The maximum Gasteiger partial charge on any atom is 0.336 e. The molecule has 24 heavy (non-hydrogen) atoms. The lowest BCUT2D eigenvalue weighted by Gasteiger charge is -2.29. The van der Waals surface area contributed by atoms with E-state index in [2.05, 4.69) is 18.2 Å². The normalized spacial score (nSPS) is 20.1. The second-order valence-corrected chi connectivity index (χ2v) is 7.59. The predicted molar refractivity (Wildman–Crippen MR) is 96.7 cm³/mol. The minimum absolute atomic E-state index is 0.0521. The number of aliphatic hydroxyl groups excluding tert-OH is 1. The van der Waals surface area contributed by atoms with Gasteiger partial charge in [-0.25, -0.2) is 4.79 Å². The van der Waals surface area contributed by atoms with Gasteiger partial charge in [0.05, 0.1) is 6.10 Å². The van der Waals surface area contributed by atoms with Crippen molar-refractivity contribution < 1.29 is 9.52 Å². The zero-order valence-corrected chi connectivity index (χ0v) is 14.2. The Bertz CT molecular complexity index is 946. The molecule has 0 aliphatic heterocycles. The van der Waals surface area contributed by atoms with E-state index in [9.17, 15) is 9.90 Å². The number of rotatable bonds is 2. The molecule has 0 saturated heterocycles. The van der Waals surface area contributed by atoms with Crippen molar-refractivity contribution in [1.29, 1.82) is 0 Å². The van der Waals surface area contributed by atoms with E-state index in [0.717, 1.165) is 27.0 Å². The van der Waals surface area contributed by atoms with Crippen LogP contribution in [0.15, 0.2) is 62.6 Å². The summed E-state index contributed by atoms with van der Waals surface area (Å²) in [5.74, 6) is 0. The molecule has 4 rings (SSSR count). The lowest BCUT2D eigenvalue weighted by atomic mass is 9.87. The molecule has 1 aliphatic carbocycles. The van der Waals surface area contributed by atoms with Crippen LogP contribution in [0.5, 0.6) is 0 Å². The van der Waals surface area contributed by atoms with E-state index in [1.54, 1.807) is 11.8 Å². The fraction of sp³-hybridized carbons (Fsp3) is 0.250. The minimum Gasteiger partial charge on any atom is -0.422 e. The molecule has 1 N–H and O–H groups in total. The van der Waals surface area contributed by atoms with Crippen molar-refractivity contribution in [3.8, 4) is 0 Å². The van der Waals surface area contributed by atoms with E-state index < -0.39 is 6.10 Å². The third-order valence-corrected chi connectivity index (χ3v) is 5.94. The first-order chi connectivity index (χ1) is 11.6. The summed E-state index contributed by atoms with van der Waals surface area (Å²) >= 11 is 1.68. The van der Waals surface area contributed by atoms with Gasteiger partial charge in [-0.1, -0.05) is 30.3 Å². The van der Waals surface area contributed by atoms with Crippen molar-refractivity contribution in [1.82, 2.24) is 0 Å². The lowest BCUT2D eigenvalue weighted by Crippen LogP contribution is -2.32. The van der Waals surface area contributed by atoms with Crippen LogP contribution in [-0.2, 0) is 12.8 Å². The van der Waals surface area contributed by atoms with Gasteiger partial charge in [-0.05, 0) is 43.0 Å². The number of hydrogen-bond donors (Lipinski definition) is 1. The molecule has 1 aliphatic rings. The van der Waals surface area contributed by atoms with Gasteiger partial charge in [0.2, 0.25) is 0 Å². The first-order valence-corrected chi connectivity index (χ1v) is 8.95. The van der Waals surface area contributed by atoms with Gasteiger partial charge in [0.15, 0.2) is 0 Å². The summed E-state index contributed by atoms with van der Waals surface area (Å²) in [4.78, 5) is 12.9. The third kappa shape index (κ3) is 2.76. The molecule has 2 atom stereocenters. The molecule has 0 saturated carbocycles. The topological polar surface area (TPSA) is 50.4 Å². The second-order valence-electron chi connectivity index (χ2n) is 6.27. The van der Waals surface area contributed by atoms with Crippen LogP contribution < -0.4 is 5.63 Å². The largest absolute Gasteiger partial charge is 0.422 e. The summed E-state index contributed by atoms with van der Waals surface area (Å²) in [6.45, 7) is 1.93. The highest BCUT2D eigenvalue weighted by Gasteiger charge is 2.30. The summed E-state index contributed by atoms with van der Waals surface area (Å²) in [5, 5.41) is 11.6. The number of benzene rings is 2. The SMILES string of the molecule is Cc1cc(=O)oc2c3c(ccc12)C[C@H](O)[C@@H](Sc1ccccc1)C3. The van der Waals surface area contributed by atoms with Crippen LogP contribution in [0.3, 0.4) is 0 Å². The van der Waals surface area contributed by atoms with Crippen molar-refractivity contribution in [3.05, 3.63) is 75.6 Å². The summed E-state index contributed by atoms with van der Waals surface area (Å²) in [5.41, 5.74) is 3.44. The van der Waals surface area contributed by atoms with Gasteiger partial charge in [0.1, 0.15) is 5.58 Å². The zero-order valence-electron chi connectivity index (χ0n) is 13.4. The Kier molecular flexibility index (Phi) is 3.94. The van der Waals surface area contributed by atoms with E-state index in [1.165, 1.54) is 6.07 Å². The fourth-order valence-corrected chi connectivity index (χ4v) is 4.55. The average molecular weight is 338 g/mol. The second kappa shape index (κ2) is 6.11. The highest BCUT2D eigenvalue weighted by atomic mass is 32.2. The van der Waals surface area contributed by atoms with Gasteiger partial charge in [-0.2, -0.15) is 0 Å². The van der Waals surface area contributed by atoms with Gasteiger partial charge in [-0.15, -0.1) is 11.8 Å². The Balaban J connectivity index is 1.77. The molecule has 0 amide bonds. The van der Waals surface area contributed by atoms with Gasteiger partial charge < -0.3 is 9.52 Å². The van der Waals surface area contributed by atoms with E-state index in [4.69, 9.17) is 4.42 Å². The number of aryl methyl sites for hydroxylation is 1. The van der Waals surface area contributed by atoms with Crippen molar-refractivity contribution >= 4 is 22.7 Å². The first-order valence-electron chi connectivity index (χ1n) is 8.07. The van der Waals surface area contributed by atoms with Crippen LogP contribution in [0.25, 0.3) is 11.0 Å². The molecule has 0 spiro atoms. The Morgan fingerprint density at radius 3 is 2.71 bits per heavy atom. The number of fused-ring (bicyclic) bond motifs is 3. The molecule has 0 fully saturated rings. The summed E-state index contributed by atoms with van der Waals surface area (Å²) < 4.78 is 5.53. The first kappa shape index (κ1) is 15.5. The highest BCUT2D eigenvalue weighted by Crippen LogP contribution is 2.36. The van der Waals surface area contributed by atoms with Crippen molar-refractivity contribution in [2.24, 2.45) is 0 Å². The van der Waals surface area contributed by atoms with Crippen LogP contribution in [0.1, 0.15) is 16.7 Å². The van der Waals surface area contributed by atoms with Crippen LogP contribution in [0, 0.1) is 6.92 Å². The lowest BCUT2D eigenvalue weighted by molar-refractivity contribution is 0.165. The number of aliphatic hydroxyl groups is 1. The molecule has 4 heteroatoms. The minimum atomic E-state index is -0.406. The zero-order chi connectivity index (χ0) is 16.7. The van der Waals surface area contributed by atoms with Crippen molar-refractivity contribution in [2.75, 3.05) is 0 Å². The summed E-state index contributed by atoms with van der Waals surface area (Å²) in [6.07, 6.45) is 0.879. The summed E-state index contributed by atoms with van der Waals surface area (Å²) in [6, 6.07) is 15.7. The molecule has 3 aromatic rings. The van der Waals surface area contributed by atoms with Gasteiger partial charge in [0.25, 0.3) is 0 Å². The standard InChI is InChI=1S/C20H18O3S/c1-12-9-19(22)23-20-15(12)8-7-13-10-17(21)18(11-16(13)20)24-14-5-3-2-4-6-14/h2-9,17-18,21H,10-11H2,1H3/t17-,18-/m0/s1. The highest BCUT2D eigenvalue weighted by molar-refractivity contribution is 8.00. The van der Waals surface area contributed by atoms with E-state index >= 15 is 0 Å². The number of thioether (sulfide) groups is 1. The maximum absolute atomic E-state index is 11.8. The van der Waals surface area contributed by atoms with Crippen LogP contribution >= 0.6 is 11.8 Å². The van der Waals surface area contributed by atoms with E-state index in [1.807, 2.05) is 31.2 Å². The van der Waals surface area contributed by atoms with Gasteiger partial charge >= 0.3 is 5.63 Å². The van der Waals surface area contributed by atoms with Gasteiger partial charge in [-0.3, -0.25) is 0 Å². The van der Waals surface area contributed by atoms with Crippen LogP contribution in [0.2, 0.25) is 0 Å². The molecule has 2 aromatic carbocycles. The predicted octanol–water partition coefficient (Wildman–Crippen LogP) is 3.72. The van der Waals surface area contributed by atoms with Crippen LogP contribution in [-0.4, -0.2) is 16.5 Å². The van der Waals surface area contributed by atoms with E-state index in [-0.39, 0.29) is 10.9 Å². The third-order valence-electron chi connectivity index (χ3n) is 4.61. The molecule has 0 unspecified atom stereocenters. The molecule has 122 valence electrons. The smallest absolute Gasteiger partial charge is 0.336 e. The van der Waals surface area contributed by atoms with E-state index in [0.29, 0.717) is 18.4 Å². The fourth-order valence-electron chi connectivity index (χ4n) is 3.38. The Morgan fingerprint density at radius 2 is 1.92 bits per heavy atom. The molecule has 1 aromatic heterocycles. The van der Waals surface area contributed by atoms with Crippen LogP contribution in [0.4, 0.5) is 0 Å². The van der Waals surface area contributed by atoms with Crippen molar-refractivity contribution in [3.63, 3.8) is 0 Å². The molecular formula is C20H18O3S. The number of hydrogen-bond acceptors (Lipinski definition) is 4. The molecule has 3 nitrogen and oxygen atoms in total. The summed E-state index contributed by atoms with van der Waals surface area (Å²) in [7, 11) is 0. The molecule has 1 heterocycles. The Labute approximate surface area is 144 Å². The Hall–Kier alpha value is -2.04. The average Bonchev–Trinajstić information content (AvgIpc) is 2.56. The maximum atomic E-state index is 11.8. The molecular weight excluding hydrogens is 320 g/mol. The monoisotopic (exact) mass is 338 g/mol. The molecule has 0 radical (unpaired) electrons. The molecule has 0 bridgehead atoms. The quantitative estimate of drug-likeness (QED) is 0.724. The Morgan fingerprint density at radius 1 is 1.12 bits per heavy atom. The van der Waals surface area contributed by atoms with Crippen molar-refractivity contribution in [2.45, 2.75) is 36.0 Å².